The molecular formula is C7H4I3NO3. The molecule has 0 fully saturated rings. The van der Waals surface area contributed by atoms with Gasteiger partial charge in [-0.25, -0.2) is 4.79 Å². The minimum atomic E-state index is -1.09. The van der Waals surface area contributed by atoms with E-state index in [0.29, 0.717) is 16.4 Å². The average molecular weight is 531 g/mol. The zero-order valence-corrected chi connectivity index (χ0v) is 13.0. The molecule has 4 nitrogen and oxygen atoms in total. The summed E-state index contributed by atoms with van der Waals surface area (Å²) in [5.74, 6) is -1.15. The van der Waals surface area contributed by atoms with Crippen LogP contribution in [0.5, 0.6) is 5.75 Å². The Morgan fingerprint density at radius 3 is 2.07 bits per heavy atom. The molecular weight excluding hydrogens is 527 g/mol. The number of phenols is 1. The third-order valence-corrected chi connectivity index (χ3v) is 4.80. The van der Waals surface area contributed by atoms with Gasteiger partial charge in [0, 0.05) is 0 Å². The van der Waals surface area contributed by atoms with Gasteiger partial charge in [0.05, 0.1) is 22.0 Å². The molecule has 0 bridgehead atoms. The largest absolute Gasteiger partial charge is 0.506 e. The van der Waals surface area contributed by atoms with Gasteiger partial charge in [-0.05, 0) is 67.8 Å². The molecule has 0 atom stereocenters. The van der Waals surface area contributed by atoms with Crippen molar-refractivity contribution in [3.8, 4) is 5.75 Å². The second kappa shape index (κ2) is 4.55. The number of phenolic OH excluding ortho intramolecular Hbond substituents is 1. The van der Waals surface area contributed by atoms with Gasteiger partial charge in [-0.1, -0.05) is 0 Å². The van der Waals surface area contributed by atoms with Gasteiger partial charge in [0.25, 0.3) is 0 Å². The number of carboxylic acids is 1. The maximum Gasteiger partial charge on any atom is 0.338 e. The highest BCUT2D eigenvalue weighted by molar-refractivity contribution is 14.1. The zero-order valence-electron chi connectivity index (χ0n) is 6.51. The number of carboxylic acid groups (broad SMARTS) is 1. The van der Waals surface area contributed by atoms with Crippen LogP contribution in [0.25, 0.3) is 0 Å². The Kier molecular flexibility index (Phi) is 4.08. The highest BCUT2D eigenvalue weighted by Crippen LogP contribution is 2.37. The minimum absolute atomic E-state index is 0.0571. The molecule has 0 radical (unpaired) electrons. The number of aromatic hydroxyl groups is 1. The average Bonchev–Trinajstić information content (AvgIpc) is 2.11. The third kappa shape index (κ3) is 2.03. The quantitative estimate of drug-likeness (QED) is 0.385. The molecule has 0 aliphatic rings. The van der Waals surface area contributed by atoms with E-state index in [9.17, 15) is 9.90 Å². The molecule has 0 saturated carbocycles. The van der Waals surface area contributed by atoms with Gasteiger partial charge in [-0.15, -0.1) is 0 Å². The van der Waals surface area contributed by atoms with Gasteiger partial charge >= 0.3 is 5.97 Å². The Morgan fingerprint density at radius 2 is 1.64 bits per heavy atom. The Balaban J connectivity index is 3.68. The second-order valence-corrected chi connectivity index (χ2v) is 5.62. The topological polar surface area (TPSA) is 83.5 Å². The first-order valence-electron chi connectivity index (χ1n) is 3.26. The number of hydrogen-bond donors (Lipinski definition) is 3. The number of carbonyl (C=O) groups is 1. The molecule has 1 aromatic rings. The number of rotatable bonds is 1. The Hall–Kier alpha value is 0.480. The van der Waals surface area contributed by atoms with Crippen LogP contribution in [0, 0.1) is 10.7 Å². The molecule has 0 amide bonds. The summed E-state index contributed by atoms with van der Waals surface area (Å²) >= 11 is 5.54. The highest BCUT2D eigenvalue weighted by Gasteiger charge is 2.22. The highest BCUT2D eigenvalue weighted by atomic mass is 127. The molecule has 4 N–H and O–H groups in total. The molecule has 1 aromatic carbocycles. The molecule has 1 rings (SSSR count). The lowest BCUT2D eigenvalue weighted by Crippen LogP contribution is -2.08. The molecule has 7 heteroatoms. The molecule has 0 spiro atoms. The first-order chi connectivity index (χ1) is 6.37. The molecule has 0 aromatic heterocycles. The van der Waals surface area contributed by atoms with Crippen molar-refractivity contribution < 1.29 is 15.0 Å². The number of aromatic carboxylic acids is 1. The Bertz CT molecular complexity index is 390. The van der Waals surface area contributed by atoms with Crippen molar-refractivity contribution in [3.05, 3.63) is 16.3 Å². The fraction of sp³-hybridized carbons (Fsp3) is 0. The maximum atomic E-state index is 10.9. The van der Waals surface area contributed by atoms with Gasteiger partial charge in [0.1, 0.15) is 5.75 Å². The van der Waals surface area contributed by atoms with E-state index in [4.69, 9.17) is 10.8 Å². The van der Waals surface area contributed by atoms with Crippen molar-refractivity contribution in [2.75, 3.05) is 5.73 Å². The van der Waals surface area contributed by atoms with E-state index < -0.39 is 5.97 Å². The van der Waals surface area contributed by atoms with Gasteiger partial charge in [0.2, 0.25) is 0 Å². The summed E-state index contributed by atoms with van der Waals surface area (Å²) in [7, 11) is 0. The maximum absolute atomic E-state index is 10.9. The lowest BCUT2D eigenvalue weighted by molar-refractivity contribution is 0.0694. The standard InChI is InChI=1S/C7H4I3NO3/c8-2-1(7(13)14)3(9)6(12)4(10)5(2)11/h12H,11H2,(H,13,14). The SMILES string of the molecule is Nc1c(I)c(O)c(I)c(C(=O)O)c1I. The second-order valence-electron chi connectivity index (χ2n) is 2.38. The lowest BCUT2D eigenvalue weighted by Gasteiger charge is -2.10. The number of halogens is 3. The number of anilines is 1. The predicted octanol–water partition coefficient (Wildman–Crippen LogP) is 2.49. The van der Waals surface area contributed by atoms with Gasteiger partial charge in [-0.3, -0.25) is 0 Å². The molecule has 14 heavy (non-hydrogen) atoms. The van der Waals surface area contributed by atoms with E-state index in [1.54, 1.807) is 22.6 Å². The predicted molar refractivity (Wildman–Crippen MR) is 77.6 cm³/mol. The van der Waals surface area contributed by atoms with Crippen LogP contribution in [0.1, 0.15) is 10.4 Å². The number of nitrogen functional groups attached to an aromatic ring is 1. The smallest absolute Gasteiger partial charge is 0.338 e. The van der Waals surface area contributed by atoms with E-state index in [-0.39, 0.29) is 11.3 Å². The minimum Gasteiger partial charge on any atom is -0.506 e. The monoisotopic (exact) mass is 531 g/mol. The van der Waals surface area contributed by atoms with Crippen molar-refractivity contribution in [2.24, 2.45) is 0 Å². The van der Waals surface area contributed by atoms with Crippen LogP contribution in [-0.4, -0.2) is 16.2 Å². The summed E-state index contributed by atoms with van der Waals surface area (Å²) in [6.45, 7) is 0. The van der Waals surface area contributed by atoms with Crippen LogP contribution < -0.4 is 5.73 Å². The summed E-state index contributed by atoms with van der Waals surface area (Å²) in [6, 6.07) is 0. The molecule has 0 heterocycles. The van der Waals surface area contributed by atoms with Gasteiger partial charge in [-0.2, -0.15) is 0 Å². The zero-order chi connectivity index (χ0) is 11.0. The summed E-state index contributed by atoms with van der Waals surface area (Å²) in [5, 5.41) is 18.5. The fourth-order valence-electron chi connectivity index (χ4n) is 0.857. The number of benzene rings is 1. The normalized spacial score (nSPS) is 10.2. The van der Waals surface area contributed by atoms with Crippen LogP contribution in [0.2, 0.25) is 0 Å². The summed E-state index contributed by atoms with van der Waals surface area (Å²) in [6.07, 6.45) is 0. The van der Waals surface area contributed by atoms with Crippen molar-refractivity contribution in [1.82, 2.24) is 0 Å². The van der Waals surface area contributed by atoms with E-state index in [2.05, 4.69) is 0 Å². The summed E-state index contributed by atoms with van der Waals surface area (Å²) in [4.78, 5) is 10.9. The summed E-state index contributed by atoms with van der Waals surface area (Å²) < 4.78 is 1.27. The molecule has 0 saturated heterocycles. The first kappa shape index (κ1) is 12.5. The van der Waals surface area contributed by atoms with Crippen molar-refractivity contribution in [3.63, 3.8) is 0 Å². The molecule has 0 aliphatic heterocycles. The van der Waals surface area contributed by atoms with Crippen LogP contribution in [-0.2, 0) is 0 Å². The van der Waals surface area contributed by atoms with Crippen molar-refractivity contribution in [1.29, 1.82) is 0 Å². The van der Waals surface area contributed by atoms with Crippen LogP contribution in [0.15, 0.2) is 0 Å². The van der Waals surface area contributed by atoms with Crippen LogP contribution in [0.4, 0.5) is 5.69 Å². The Morgan fingerprint density at radius 1 is 1.14 bits per heavy atom. The van der Waals surface area contributed by atoms with E-state index in [1.807, 2.05) is 45.2 Å². The van der Waals surface area contributed by atoms with Gasteiger partial charge in [0.15, 0.2) is 0 Å². The number of nitrogens with two attached hydrogens (primary N) is 1. The van der Waals surface area contributed by atoms with Crippen LogP contribution in [0.3, 0.4) is 0 Å². The van der Waals surface area contributed by atoms with Gasteiger partial charge < -0.3 is 15.9 Å². The lowest BCUT2D eigenvalue weighted by atomic mass is 10.2. The Labute approximate surface area is 121 Å². The first-order valence-corrected chi connectivity index (χ1v) is 6.49. The van der Waals surface area contributed by atoms with Crippen molar-refractivity contribution >= 4 is 79.4 Å². The molecule has 0 aliphatic carbocycles. The molecule has 76 valence electrons. The summed E-state index contributed by atoms with van der Waals surface area (Å²) in [5.41, 5.74) is 6.01. The molecule has 0 unspecified atom stereocenters. The fourth-order valence-corrected chi connectivity index (χ4v) is 4.49. The number of hydrogen-bond acceptors (Lipinski definition) is 3. The van der Waals surface area contributed by atoms with Crippen molar-refractivity contribution in [2.45, 2.75) is 0 Å². The third-order valence-electron chi connectivity index (χ3n) is 1.54. The van der Waals surface area contributed by atoms with Crippen LogP contribution >= 0.6 is 67.8 Å². The van der Waals surface area contributed by atoms with E-state index >= 15 is 0 Å². The van der Waals surface area contributed by atoms with E-state index in [0.717, 1.165) is 0 Å². The van der Waals surface area contributed by atoms with E-state index in [1.165, 1.54) is 0 Å².